The monoisotopic (exact) mass is 330 g/mol. The third-order valence-electron chi connectivity index (χ3n) is 3.49. The van der Waals surface area contributed by atoms with E-state index in [0.717, 1.165) is 18.3 Å². The molecule has 1 fully saturated rings. The number of nitrogens with one attached hydrogen (secondary N) is 2. The van der Waals surface area contributed by atoms with Gasteiger partial charge in [-0.3, -0.25) is 9.78 Å². The number of pyridine rings is 1. The van der Waals surface area contributed by atoms with Gasteiger partial charge in [0.15, 0.2) is 0 Å². The van der Waals surface area contributed by atoms with E-state index in [-0.39, 0.29) is 37.0 Å². The molecule has 1 aliphatic heterocycles. The number of halogens is 3. The second-order valence-electron chi connectivity index (χ2n) is 5.36. The average Bonchev–Trinajstić information content (AvgIpc) is 2.76. The number of hydrogen-bond acceptors (Lipinski definition) is 3. The number of aromatic nitrogens is 1. The van der Waals surface area contributed by atoms with Gasteiger partial charge < -0.3 is 15.5 Å². The van der Waals surface area contributed by atoms with Crippen LogP contribution in [0.2, 0.25) is 0 Å². The fourth-order valence-electron chi connectivity index (χ4n) is 2.29. The lowest BCUT2D eigenvalue weighted by Crippen LogP contribution is -2.43. The number of carbonyl (C=O) groups is 2. The minimum atomic E-state index is -4.41. The van der Waals surface area contributed by atoms with Crippen LogP contribution in [0, 0.1) is 0 Å². The topological polar surface area (TPSA) is 74.3 Å². The van der Waals surface area contributed by atoms with Crippen LogP contribution in [0.15, 0.2) is 18.3 Å². The highest BCUT2D eigenvalue weighted by Gasteiger charge is 2.30. The minimum Gasteiger partial charge on any atom is -0.344 e. The van der Waals surface area contributed by atoms with Gasteiger partial charge in [0.2, 0.25) is 5.91 Å². The van der Waals surface area contributed by atoms with Crippen molar-refractivity contribution >= 4 is 11.9 Å². The maximum atomic E-state index is 12.6. The molecule has 0 aromatic carbocycles. The molecule has 0 spiro atoms. The van der Waals surface area contributed by atoms with Gasteiger partial charge in [-0.05, 0) is 12.1 Å². The summed E-state index contributed by atoms with van der Waals surface area (Å²) in [6.07, 6.45) is -2.89. The first-order valence-corrected chi connectivity index (χ1v) is 7.06. The van der Waals surface area contributed by atoms with Crippen LogP contribution in [0.1, 0.15) is 17.7 Å². The van der Waals surface area contributed by atoms with Gasteiger partial charge in [-0.15, -0.1) is 0 Å². The Morgan fingerprint density at radius 1 is 1.48 bits per heavy atom. The largest absolute Gasteiger partial charge is 0.416 e. The average molecular weight is 330 g/mol. The number of likely N-dealkylation sites (tertiary alicyclic amines) is 1. The van der Waals surface area contributed by atoms with Crippen LogP contribution >= 0.6 is 0 Å². The van der Waals surface area contributed by atoms with E-state index in [0.29, 0.717) is 6.54 Å². The molecule has 1 aromatic heterocycles. The quantitative estimate of drug-likeness (QED) is 0.870. The van der Waals surface area contributed by atoms with Gasteiger partial charge in [-0.2, -0.15) is 13.2 Å². The van der Waals surface area contributed by atoms with Crippen molar-refractivity contribution < 1.29 is 22.8 Å². The number of amides is 3. The Kier molecular flexibility index (Phi) is 5.07. The molecule has 126 valence electrons. The molecule has 6 nitrogen and oxygen atoms in total. The molecule has 9 heteroatoms. The zero-order valence-corrected chi connectivity index (χ0v) is 12.5. The van der Waals surface area contributed by atoms with Crippen LogP contribution in [-0.4, -0.2) is 48.0 Å². The summed E-state index contributed by atoms with van der Waals surface area (Å²) >= 11 is 0. The summed E-state index contributed by atoms with van der Waals surface area (Å²) in [6.45, 7) is 0.595. The van der Waals surface area contributed by atoms with Gasteiger partial charge in [0, 0.05) is 44.9 Å². The second kappa shape index (κ2) is 6.84. The van der Waals surface area contributed by atoms with Gasteiger partial charge in [-0.25, -0.2) is 4.79 Å². The number of carbonyl (C=O) groups excluding carboxylic acids is 2. The molecule has 0 radical (unpaired) electrons. The smallest absolute Gasteiger partial charge is 0.344 e. The summed E-state index contributed by atoms with van der Waals surface area (Å²) in [5, 5.41) is 5.19. The summed E-state index contributed by atoms with van der Waals surface area (Å²) < 4.78 is 37.7. The van der Waals surface area contributed by atoms with Crippen LogP contribution < -0.4 is 10.6 Å². The molecular weight excluding hydrogens is 313 g/mol. The molecule has 23 heavy (non-hydrogen) atoms. The molecule has 1 atom stereocenters. The third kappa shape index (κ3) is 4.83. The molecule has 0 aliphatic carbocycles. The van der Waals surface area contributed by atoms with Crippen LogP contribution in [-0.2, 0) is 17.4 Å². The molecule has 2 heterocycles. The van der Waals surface area contributed by atoms with Crippen molar-refractivity contribution in [3.8, 4) is 0 Å². The molecule has 1 saturated heterocycles. The van der Waals surface area contributed by atoms with Crippen LogP contribution in [0.5, 0.6) is 0 Å². The molecule has 0 bridgehead atoms. The molecular formula is C14H17F3N4O2. The Hall–Kier alpha value is -2.32. The van der Waals surface area contributed by atoms with E-state index in [2.05, 4.69) is 15.6 Å². The van der Waals surface area contributed by atoms with Gasteiger partial charge in [0.1, 0.15) is 0 Å². The fraction of sp³-hybridized carbons (Fsp3) is 0.500. The summed E-state index contributed by atoms with van der Waals surface area (Å²) in [7, 11) is 1.65. The van der Waals surface area contributed by atoms with Gasteiger partial charge in [0.05, 0.1) is 11.6 Å². The highest BCUT2D eigenvalue weighted by Crippen LogP contribution is 2.28. The second-order valence-corrected chi connectivity index (χ2v) is 5.36. The summed E-state index contributed by atoms with van der Waals surface area (Å²) in [5.41, 5.74) is -0.518. The van der Waals surface area contributed by atoms with Gasteiger partial charge >= 0.3 is 12.2 Å². The van der Waals surface area contributed by atoms with Crippen molar-refractivity contribution in [2.75, 3.05) is 20.1 Å². The van der Waals surface area contributed by atoms with Crippen LogP contribution in [0.4, 0.5) is 18.0 Å². The molecule has 3 amide bonds. The van der Waals surface area contributed by atoms with Gasteiger partial charge in [0.25, 0.3) is 0 Å². The highest BCUT2D eigenvalue weighted by molar-refractivity contribution is 5.81. The predicted molar refractivity (Wildman–Crippen MR) is 75.5 cm³/mol. The standard InChI is InChI=1S/C14H17F3N4O2/c1-21-8-11(7-12(21)22)20-13(23)19-5-3-10-6-9(2-4-18-10)14(15,16)17/h2,4,6,11H,3,5,7-8H2,1H3,(H2,19,20,23)/t11-/m0/s1. The number of rotatable bonds is 4. The van der Waals surface area contributed by atoms with Crippen molar-refractivity contribution in [1.29, 1.82) is 0 Å². The molecule has 2 N–H and O–H groups in total. The molecule has 0 saturated carbocycles. The third-order valence-corrected chi connectivity index (χ3v) is 3.49. The Balaban J connectivity index is 1.77. The number of likely N-dealkylation sites (N-methyl/N-ethyl adjacent to an activating group) is 1. The SMILES string of the molecule is CN1C[C@@H](NC(=O)NCCc2cc(C(F)(F)F)ccn2)CC1=O. The first kappa shape index (κ1) is 17.0. The summed E-state index contributed by atoms with van der Waals surface area (Å²) in [5.74, 6) is -0.0385. The van der Waals surface area contributed by atoms with E-state index in [1.807, 2.05) is 0 Å². The van der Waals surface area contributed by atoms with E-state index in [1.54, 1.807) is 7.05 Å². The Morgan fingerprint density at radius 3 is 2.83 bits per heavy atom. The number of hydrogen-bond donors (Lipinski definition) is 2. The van der Waals surface area contributed by atoms with E-state index in [1.165, 1.54) is 4.90 Å². The van der Waals surface area contributed by atoms with Crippen LogP contribution in [0.3, 0.4) is 0 Å². The van der Waals surface area contributed by atoms with Crippen molar-refractivity contribution in [2.24, 2.45) is 0 Å². The van der Waals surface area contributed by atoms with E-state index in [4.69, 9.17) is 0 Å². The minimum absolute atomic E-state index is 0.0385. The lowest BCUT2D eigenvalue weighted by molar-refractivity contribution is -0.137. The summed E-state index contributed by atoms with van der Waals surface area (Å²) in [4.78, 5) is 28.4. The molecule has 1 aromatic rings. The lowest BCUT2D eigenvalue weighted by atomic mass is 10.2. The summed E-state index contributed by atoms with van der Waals surface area (Å²) in [6, 6.07) is 1.16. The normalized spacial score (nSPS) is 18.2. The number of nitrogens with zero attached hydrogens (tertiary/aromatic N) is 2. The van der Waals surface area contributed by atoms with E-state index < -0.39 is 17.8 Å². The first-order valence-electron chi connectivity index (χ1n) is 7.06. The van der Waals surface area contributed by atoms with Crippen molar-refractivity contribution in [1.82, 2.24) is 20.5 Å². The van der Waals surface area contributed by atoms with Crippen molar-refractivity contribution in [3.63, 3.8) is 0 Å². The molecule has 2 rings (SSSR count). The van der Waals surface area contributed by atoms with Crippen molar-refractivity contribution in [2.45, 2.75) is 25.1 Å². The number of urea groups is 1. The van der Waals surface area contributed by atoms with E-state index >= 15 is 0 Å². The van der Waals surface area contributed by atoms with Crippen LogP contribution in [0.25, 0.3) is 0 Å². The van der Waals surface area contributed by atoms with E-state index in [9.17, 15) is 22.8 Å². The zero-order valence-electron chi connectivity index (χ0n) is 12.5. The maximum absolute atomic E-state index is 12.6. The molecule has 1 aliphatic rings. The van der Waals surface area contributed by atoms with Gasteiger partial charge in [-0.1, -0.05) is 0 Å². The zero-order chi connectivity index (χ0) is 17.0. The highest BCUT2D eigenvalue weighted by atomic mass is 19.4. The predicted octanol–water partition coefficient (Wildman–Crippen LogP) is 1.17. The Bertz CT molecular complexity index is 592. The molecule has 0 unspecified atom stereocenters. The van der Waals surface area contributed by atoms with Crippen molar-refractivity contribution in [3.05, 3.63) is 29.6 Å². The Labute approximate surface area is 131 Å². The maximum Gasteiger partial charge on any atom is 0.416 e. The Morgan fingerprint density at radius 2 is 2.22 bits per heavy atom. The lowest BCUT2D eigenvalue weighted by Gasteiger charge is -2.13. The fourth-order valence-corrected chi connectivity index (χ4v) is 2.29. The number of alkyl halides is 3. The first-order chi connectivity index (χ1) is 10.8.